The molecule has 0 fully saturated rings. The third-order valence-electron chi connectivity index (χ3n) is 5.03. The zero-order valence-corrected chi connectivity index (χ0v) is 19.6. The highest BCUT2D eigenvalue weighted by Crippen LogP contribution is 2.20. The molecule has 35 heavy (non-hydrogen) atoms. The molecule has 2 aromatic carbocycles. The number of hydrogen-bond acceptors (Lipinski definition) is 7. The van der Waals surface area contributed by atoms with E-state index in [9.17, 15) is 29.1 Å². The number of benzene rings is 2. The molecule has 0 heterocycles. The van der Waals surface area contributed by atoms with E-state index in [-0.39, 0.29) is 24.4 Å². The summed E-state index contributed by atoms with van der Waals surface area (Å²) in [5, 5.41) is 25.8. The van der Waals surface area contributed by atoms with E-state index in [4.69, 9.17) is 5.11 Å². The maximum atomic E-state index is 13.2. The zero-order chi connectivity index (χ0) is 25.8. The van der Waals surface area contributed by atoms with Crippen molar-refractivity contribution >= 4 is 42.2 Å². The molecular weight excluding hydrogens is 474 g/mol. The smallest absolute Gasteiger partial charge is 0.322 e. The lowest BCUT2D eigenvalue weighted by molar-refractivity contribution is -0.140. The summed E-state index contributed by atoms with van der Waals surface area (Å²) in [6.45, 7) is -0.611. The first-order valence-electron chi connectivity index (χ1n) is 10.8. The SMILES string of the molecule is O=C(O)CNC(=O)[C@H](CS)NC(=O)CC[C@H](NC(C(=O)c1ccccc1)c1ccccc1)C(=O)O. The van der Waals surface area contributed by atoms with Gasteiger partial charge in [-0.15, -0.1) is 0 Å². The molecule has 0 aliphatic heterocycles. The van der Waals surface area contributed by atoms with E-state index in [1.807, 2.05) is 0 Å². The van der Waals surface area contributed by atoms with E-state index in [0.29, 0.717) is 11.1 Å². The van der Waals surface area contributed by atoms with Gasteiger partial charge in [0, 0.05) is 17.7 Å². The van der Waals surface area contributed by atoms with Crippen LogP contribution >= 0.6 is 12.6 Å². The molecule has 0 radical (unpaired) electrons. The Morgan fingerprint density at radius 1 is 0.857 bits per heavy atom. The molecule has 5 N–H and O–H groups in total. The van der Waals surface area contributed by atoms with Gasteiger partial charge in [0.1, 0.15) is 18.6 Å². The van der Waals surface area contributed by atoms with E-state index in [1.165, 1.54) is 0 Å². The summed E-state index contributed by atoms with van der Waals surface area (Å²) in [7, 11) is 0. The van der Waals surface area contributed by atoms with Crippen molar-refractivity contribution < 1.29 is 34.2 Å². The molecule has 10 nitrogen and oxygen atoms in total. The van der Waals surface area contributed by atoms with Crippen LogP contribution in [0.1, 0.15) is 34.8 Å². The number of rotatable bonds is 14. The van der Waals surface area contributed by atoms with Gasteiger partial charge in [0.05, 0.1) is 6.04 Å². The van der Waals surface area contributed by atoms with Crippen LogP contribution in [0.15, 0.2) is 60.7 Å². The predicted molar refractivity (Wildman–Crippen MR) is 130 cm³/mol. The van der Waals surface area contributed by atoms with Crippen LogP contribution in [0.4, 0.5) is 0 Å². The van der Waals surface area contributed by atoms with Gasteiger partial charge in [0.25, 0.3) is 0 Å². The maximum Gasteiger partial charge on any atom is 0.322 e. The van der Waals surface area contributed by atoms with Crippen molar-refractivity contribution in [3.63, 3.8) is 0 Å². The maximum absolute atomic E-state index is 13.2. The molecule has 1 unspecified atom stereocenters. The Bertz CT molecular complexity index is 1030. The number of Topliss-reactive ketones (excluding diaryl/α,β-unsaturated/α-hetero) is 1. The van der Waals surface area contributed by atoms with Gasteiger partial charge in [-0.1, -0.05) is 60.7 Å². The van der Waals surface area contributed by atoms with Gasteiger partial charge in [0.15, 0.2) is 5.78 Å². The predicted octanol–water partition coefficient (Wildman–Crippen LogP) is 1.05. The minimum atomic E-state index is -1.25. The Kier molecular flexibility index (Phi) is 10.9. The molecule has 0 aliphatic carbocycles. The largest absolute Gasteiger partial charge is 0.480 e. The number of hydrogen-bond donors (Lipinski definition) is 6. The normalized spacial score (nSPS) is 13.2. The average Bonchev–Trinajstić information content (AvgIpc) is 2.86. The monoisotopic (exact) mass is 501 g/mol. The summed E-state index contributed by atoms with van der Waals surface area (Å²) in [6, 6.07) is 13.8. The van der Waals surface area contributed by atoms with Crippen LogP contribution in [0, 0.1) is 0 Å². The van der Waals surface area contributed by atoms with Crippen molar-refractivity contribution in [2.45, 2.75) is 31.0 Å². The standard InChI is InChI=1S/C24H27N3O7S/c28-19(26-18(14-35)23(32)25-13-20(29)30)12-11-17(24(33)34)27-21(15-7-3-1-4-8-15)22(31)16-9-5-2-6-10-16/h1-10,17-18,21,27,35H,11-14H2,(H,25,32)(H,26,28)(H,29,30)(H,33,34)/t17-,18-,21?/m0/s1. The Morgan fingerprint density at radius 2 is 1.46 bits per heavy atom. The van der Waals surface area contributed by atoms with Crippen molar-refractivity contribution in [1.29, 1.82) is 0 Å². The molecule has 3 atom stereocenters. The van der Waals surface area contributed by atoms with Crippen LogP contribution in [-0.2, 0) is 19.2 Å². The number of carboxylic acid groups (broad SMARTS) is 2. The molecule has 186 valence electrons. The first-order chi connectivity index (χ1) is 16.7. The van der Waals surface area contributed by atoms with Crippen LogP contribution in [-0.4, -0.2) is 64.1 Å². The quantitative estimate of drug-likeness (QED) is 0.165. The fourth-order valence-electron chi connectivity index (χ4n) is 3.24. The van der Waals surface area contributed by atoms with Gasteiger partial charge >= 0.3 is 11.9 Å². The molecule has 0 aliphatic rings. The lowest BCUT2D eigenvalue weighted by Gasteiger charge is -2.23. The average molecular weight is 502 g/mol. The molecule has 2 amide bonds. The van der Waals surface area contributed by atoms with Gasteiger partial charge in [0.2, 0.25) is 11.8 Å². The van der Waals surface area contributed by atoms with Crippen molar-refractivity contribution in [1.82, 2.24) is 16.0 Å². The third kappa shape index (κ3) is 8.87. The number of carboxylic acids is 2. The Balaban J connectivity index is 2.08. The number of nitrogens with one attached hydrogen (secondary N) is 3. The van der Waals surface area contributed by atoms with Crippen LogP contribution in [0.2, 0.25) is 0 Å². The fraction of sp³-hybridized carbons (Fsp3) is 0.292. The first-order valence-corrected chi connectivity index (χ1v) is 11.4. The zero-order valence-electron chi connectivity index (χ0n) is 18.7. The highest BCUT2D eigenvalue weighted by atomic mass is 32.1. The van der Waals surface area contributed by atoms with Gasteiger partial charge < -0.3 is 20.8 Å². The van der Waals surface area contributed by atoms with Gasteiger partial charge in [-0.3, -0.25) is 29.3 Å². The molecule has 0 aromatic heterocycles. The van der Waals surface area contributed by atoms with Crippen LogP contribution in [0.25, 0.3) is 0 Å². The molecule has 0 bridgehead atoms. The molecule has 0 spiro atoms. The van der Waals surface area contributed by atoms with E-state index >= 15 is 0 Å². The second kappa shape index (κ2) is 13.9. The van der Waals surface area contributed by atoms with Crippen LogP contribution < -0.4 is 16.0 Å². The molecule has 2 rings (SSSR count). The Hall–Kier alpha value is -3.70. The number of carbonyl (C=O) groups is 5. The molecule has 11 heteroatoms. The first kappa shape index (κ1) is 27.5. The van der Waals surface area contributed by atoms with E-state index < -0.39 is 48.4 Å². The van der Waals surface area contributed by atoms with Gasteiger partial charge in [-0.25, -0.2) is 0 Å². The second-order valence-electron chi connectivity index (χ2n) is 7.58. The number of thiol groups is 1. The second-order valence-corrected chi connectivity index (χ2v) is 7.95. The summed E-state index contributed by atoms with van der Waals surface area (Å²) in [5.41, 5.74) is 0.974. The summed E-state index contributed by atoms with van der Waals surface area (Å²) < 4.78 is 0. The minimum Gasteiger partial charge on any atom is -0.480 e. The number of ketones is 1. The van der Waals surface area contributed by atoms with Crippen molar-refractivity contribution in [2.24, 2.45) is 0 Å². The molecular formula is C24H27N3O7S. The van der Waals surface area contributed by atoms with E-state index in [1.54, 1.807) is 60.7 Å². The summed E-state index contributed by atoms with van der Waals surface area (Å²) in [6.07, 6.45) is -0.426. The lowest BCUT2D eigenvalue weighted by atomic mass is 9.96. The minimum absolute atomic E-state index is 0.0839. The van der Waals surface area contributed by atoms with Crippen LogP contribution in [0.3, 0.4) is 0 Å². The fourth-order valence-corrected chi connectivity index (χ4v) is 3.50. The van der Waals surface area contributed by atoms with E-state index in [2.05, 4.69) is 28.6 Å². The summed E-state index contributed by atoms with van der Waals surface area (Å²) in [4.78, 5) is 60.1. The lowest BCUT2D eigenvalue weighted by Crippen LogP contribution is -2.49. The molecule has 0 saturated carbocycles. The van der Waals surface area contributed by atoms with Crippen molar-refractivity contribution in [3.8, 4) is 0 Å². The van der Waals surface area contributed by atoms with Crippen molar-refractivity contribution in [3.05, 3.63) is 71.8 Å². The molecule has 2 aromatic rings. The number of carbonyl (C=O) groups excluding carboxylic acids is 3. The highest BCUT2D eigenvalue weighted by Gasteiger charge is 2.29. The topological polar surface area (TPSA) is 162 Å². The Morgan fingerprint density at radius 3 is 2.00 bits per heavy atom. The number of aliphatic carboxylic acids is 2. The highest BCUT2D eigenvalue weighted by molar-refractivity contribution is 7.80. The third-order valence-corrected chi connectivity index (χ3v) is 5.39. The Labute approximate surface area is 207 Å². The summed E-state index contributed by atoms with van der Waals surface area (Å²) in [5.74, 6) is -4.23. The summed E-state index contributed by atoms with van der Waals surface area (Å²) >= 11 is 3.99. The van der Waals surface area contributed by atoms with Gasteiger partial charge in [-0.05, 0) is 12.0 Å². The van der Waals surface area contributed by atoms with Crippen LogP contribution in [0.5, 0.6) is 0 Å². The van der Waals surface area contributed by atoms with Crippen molar-refractivity contribution in [2.75, 3.05) is 12.3 Å². The number of amides is 2. The molecule has 0 saturated heterocycles. The van der Waals surface area contributed by atoms with Gasteiger partial charge in [-0.2, -0.15) is 12.6 Å². The van der Waals surface area contributed by atoms with E-state index in [0.717, 1.165) is 0 Å².